The Hall–Kier alpha value is -1.07. The van der Waals surface area contributed by atoms with E-state index in [0.29, 0.717) is 19.4 Å². The zero-order valence-corrected chi connectivity index (χ0v) is 11.1. The minimum absolute atomic E-state index is 0.0121. The molecule has 0 bridgehead atoms. The van der Waals surface area contributed by atoms with Gasteiger partial charge in [0.25, 0.3) is 5.56 Å². The highest BCUT2D eigenvalue weighted by Gasteiger charge is 2.08. The largest absolute Gasteiger partial charge is 0.349 e. The number of hydrogen-bond acceptors (Lipinski definition) is 3. The highest BCUT2D eigenvalue weighted by Crippen LogP contribution is 2.14. The van der Waals surface area contributed by atoms with Crippen LogP contribution in [0.4, 0.5) is 0 Å². The molecule has 7 heteroatoms. The molecule has 1 aromatic rings. The molecule has 0 aliphatic carbocycles. The van der Waals surface area contributed by atoms with Crippen molar-refractivity contribution in [1.29, 1.82) is 0 Å². The van der Waals surface area contributed by atoms with Crippen molar-refractivity contribution in [2.75, 3.05) is 14.1 Å². The minimum atomic E-state index is -0.434. The number of rotatable bonds is 4. The molecule has 0 spiro atoms. The van der Waals surface area contributed by atoms with Crippen LogP contribution in [0.1, 0.15) is 12.8 Å². The zero-order valence-electron chi connectivity index (χ0n) is 9.61. The Morgan fingerprint density at radius 1 is 1.47 bits per heavy atom. The molecule has 0 saturated carbocycles. The molecule has 0 atom stereocenters. The molecule has 94 valence electrons. The van der Waals surface area contributed by atoms with Gasteiger partial charge in [-0.15, -0.1) is 0 Å². The van der Waals surface area contributed by atoms with Gasteiger partial charge in [-0.1, -0.05) is 23.2 Å². The first kappa shape index (κ1) is 14.0. The lowest BCUT2D eigenvalue weighted by Gasteiger charge is -2.10. The van der Waals surface area contributed by atoms with Crippen LogP contribution >= 0.6 is 23.2 Å². The first-order chi connectivity index (χ1) is 7.93. The first-order valence-electron chi connectivity index (χ1n) is 5.04. The lowest BCUT2D eigenvalue weighted by molar-refractivity contribution is -0.128. The molecule has 1 rings (SSSR count). The van der Waals surface area contributed by atoms with E-state index < -0.39 is 5.56 Å². The second-order valence-corrected chi connectivity index (χ2v) is 4.51. The van der Waals surface area contributed by atoms with Gasteiger partial charge in [0.1, 0.15) is 5.02 Å². The summed E-state index contributed by atoms with van der Waals surface area (Å²) in [4.78, 5) is 24.4. The fraction of sp³-hybridized carbons (Fsp3) is 0.500. The van der Waals surface area contributed by atoms with Crippen molar-refractivity contribution in [3.05, 3.63) is 26.6 Å². The molecule has 1 aromatic heterocycles. The molecule has 0 unspecified atom stereocenters. The van der Waals surface area contributed by atoms with Crippen molar-refractivity contribution in [1.82, 2.24) is 14.7 Å². The van der Waals surface area contributed by atoms with E-state index in [1.807, 2.05) is 0 Å². The van der Waals surface area contributed by atoms with Gasteiger partial charge in [-0.05, 0) is 6.42 Å². The number of hydrogen-bond donors (Lipinski definition) is 0. The molecule has 1 amide bonds. The van der Waals surface area contributed by atoms with E-state index >= 15 is 0 Å². The van der Waals surface area contributed by atoms with Crippen LogP contribution in [-0.4, -0.2) is 34.7 Å². The quantitative estimate of drug-likeness (QED) is 0.837. The maximum atomic E-state index is 11.6. The molecule has 0 fully saturated rings. The standard InChI is InChI=1S/C10H13Cl2N3O2/c1-14(2)8(16)4-3-5-15-10(17)9(12)7(11)6-13-15/h6H,3-5H2,1-2H3. The molecular weight excluding hydrogens is 265 g/mol. The number of halogens is 2. The van der Waals surface area contributed by atoms with Gasteiger partial charge in [0.05, 0.1) is 11.2 Å². The van der Waals surface area contributed by atoms with Gasteiger partial charge in [-0.25, -0.2) is 4.68 Å². The van der Waals surface area contributed by atoms with E-state index in [2.05, 4.69) is 5.10 Å². The third-order valence-corrected chi connectivity index (χ3v) is 2.95. The van der Waals surface area contributed by atoms with Crippen molar-refractivity contribution >= 4 is 29.1 Å². The number of nitrogens with zero attached hydrogens (tertiary/aromatic N) is 3. The molecule has 0 aliphatic heterocycles. The van der Waals surface area contributed by atoms with Crippen LogP contribution in [0.5, 0.6) is 0 Å². The van der Waals surface area contributed by atoms with E-state index in [9.17, 15) is 9.59 Å². The number of carbonyl (C=O) groups excluding carboxylic acids is 1. The average molecular weight is 278 g/mol. The summed E-state index contributed by atoms with van der Waals surface area (Å²) in [5.41, 5.74) is -0.434. The predicted octanol–water partition coefficient (Wildman–Crippen LogP) is 1.42. The summed E-state index contributed by atoms with van der Waals surface area (Å²) >= 11 is 11.3. The van der Waals surface area contributed by atoms with Crippen LogP contribution in [-0.2, 0) is 11.3 Å². The predicted molar refractivity (Wildman–Crippen MR) is 66.4 cm³/mol. The monoisotopic (exact) mass is 277 g/mol. The van der Waals surface area contributed by atoms with Gasteiger partial charge >= 0.3 is 0 Å². The molecule has 0 radical (unpaired) electrons. The Kier molecular flexibility index (Phi) is 4.96. The van der Waals surface area contributed by atoms with Crippen LogP contribution in [0.25, 0.3) is 0 Å². The third-order valence-electron chi connectivity index (χ3n) is 2.20. The highest BCUT2D eigenvalue weighted by molar-refractivity contribution is 6.41. The van der Waals surface area contributed by atoms with Crippen molar-refractivity contribution < 1.29 is 4.79 Å². The van der Waals surface area contributed by atoms with E-state index in [0.717, 1.165) is 0 Å². The van der Waals surface area contributed by atoms with Crippen LogP contribution in [0.15, 0.2) is 11.0 Å². The van der Waals surface area contributed by atoms with Crippen LogP contribution in [0.2, 0.25) is 10.0 Å². The van der Waals surface area contributed by atoms with Crippen molar-refractivity contribution in [2.45, 2.75) is 19.4 Å². The molecule has 1 heterocycles. The molecular formula is C10H13Cl2N3O2. The minimum Gasteiger partial charge on any atom is -0.349 e. The van der Waals surface area contributed by atoms with Gasteiger partial charge in [0, 0.05) is 27.1 Å². The SMILES string of the molecule is CN(C)C(=O)CCCn1ncc(Cl)c(Cl)c1=O. The number of amides is 1. The summed E-state index contributed by atoms with van der Waals surface area (Å²) in [5.74, 6) is 0.0121. The smallest absolute Gasteiger partial charge is 0.287 e. The summed E-state index contributed by atoms with van der Waals surface area (Å²) < 4.78 is 1.21. The normalized spacial score (nSPS) is 10.4. The molecule has 17 heavy (non-hydrogen) atoms. The topological polar surface area (TPSA) is 55.2 Å². The Bertz CT molecular complexity index is 471. The van der Waals surface area contributed by atoms with Gasteiger partial charge in [0.2, 0.25) is 5.91 Å². The average Bonchev–Trinajstić information content (AvgIpc) is 2.28. The summed E-state index contributed by atoms with van der Waals surface area (Å²) in [6.45, 7) is 0.343. The van der Waals surface area contributed by atoms with E-state index in [1.165, 1.54) is 15.8 Å². The lowest BCUT2D eigenvalue weighted by atomic mass is 10.3. The fourth-order valence-corrected chi connectivity index (χ4v) is 1.48. The number of carbonyl (C=O) groups is 1. The summed E-state index contributed by atoms with van der Waals surface area (Å²) in [6, 6.07) is 0. The van der Waals surface area contributed by atoms with Crippen molar-refractivity contribution in [3.8, 4) is 0 Å². The van der Waals surface area contributed by atoms with Crippen LogP contribution < -0.4 is 5.56 Å². The second kappa shape index (κ2) is 6.02. The lowest BCUT2D eigenvalue weighted by Crippen LogP contribution is -2.25. The van der Waals surface area contributed by atoms with Crippen molar-refractivity contribution in [2.24, 2.45) is 0 Å². The summed E-state index contributed by atoms with van der Waals surface area (Å²) in [7, 11) is 3.37. The number of aromatic nitrogens is 2. The highest BCUT2D eigenvalue weighted by atomic mass is 35.5. The van der Waals surface area contributed by atoms with Gasteiger partial charge in [-0.3, -0.25) is 9.59 Å². The molecule has 0 saturated heterocycles. The summed E-state index contributed by atoms with van der Waals surface area (Å²) in [6.07, 6.45) is 2.21. The molecule has 0 aromatic carbocycles. The second-order valence-electron chi connectivity index (χ2n) is 3.73. The maximum Gasteiger partial charge on any atom is 0.287 e. The first-order valence-corrected chi connectivity index (χ1v) is 5.80. The zero-order chi connectivity index (χ0) is 13.0. The van der Waals surface area contributed by atoms with E-state index in [-0.39, 0.29) is 16.0 Å². The van der Waals surface area contributed by atoms with Gasteiger partial charge in [0.15, 0.2) is 0 Å². The molecule has 5 nitrogen and oxygen atoms in total. The summed E-state index contributed by atoms with van der Waals surface area (Å²) in [5, 5.41) is 3.94. The van der Waals surface area contributed by atoms with Crippen molar-refractivity contribution in [3.63, 3.8) is 0 Å². The fourth-order valence-electron chi connectivity index (χ4n) is 1.21. The number of aryl methyl sites for hydroxylation is 1. The van der Waals surface area contributed by atoms with E-state index in [4.69, 9.17) is 23.2 Å². The van der Waals surface area contributed by atoms with Gasteiger partial charge < -0.3 is 4.90 Å². The van der Waals surface area contributed by atoms with Crippen LogP contribution in [0.3, 0.4) is 0 Å². The van der Waals surface area contributed by atoms with E-state index in [1.54, 1.807) is 14.1 Å². The van der Waals surface area contributed by atoms with Crippen LogP contribution in [0, 0.1) is 0 Å². The third kappa shape index (κ3) is 3.71. The molecule has 0 N–H and O–H groups in total. The molecule has 0 aliphatic rings. The Morgan fingerprint density at radius 3 is 2.71 bits per heavy atom. The Morgan fingerprint density at radius 2 is 2.12 bits per heavy atom. The Balaban J connectivity index is 2.62. The Labute approximate surface area is 109 Å². The maximum absolute atomic E-state index is 11.6. The van der Waals surface area contributed by atoms with Gasteiger partial charge in [-0.2, -0.15) is 5.10 Å².